The van der Waals surface area contributed by atoms with Crippen molar-refractivity contribution in [3.05, 3.63) is 63.7 Å². The third kappa shape index (κ3) is 3.76. The van der Waals surface area contributed by atoms with Crippen LogP contribution in [0.4, 0.5) is 4.39 Å². The highest BCUT2D eigenvalue weighted by atomic mass is 35.5. The number of esters is 2. The van der Waals surface area contributed by atoms with Crippen molar-refractivity contribution in [3.63, 3.8) is 0 Å². The van der Waals surface area contributed by atoms with Crippen LogP contribution in [0, 0.1) is 5.82 Å². The van der Waals surface area contributed by atoms with Gasteiger partial charge in [-0.3, -0.25) is 19.6 Å². The predicted octanol–water partition coefficient (Wildman–Crippen LogP) is 2.70. The van der Waals surface area contributed by atoms with Crippen molar-refractivity contribution in [2.24, 2.45) is 10.7 Å². The van der Waals surface area contributed by atoms with Crippen LogP contribution in [0.15, 0.2) is 35.5 Å². The first-order valence-corrected chi connectivity index (χ1v) is 11.0. The largest absolute Gasteiger partial charge is 0.468 e. The zero-order chi connectivity index (χ0) is 24.0. The number of aromatic nitrogens is 1. The molecule has 33 heavy (non-hydrogen) atoms. The number of carbonyl (C=O) groups is 3. The molecule has 1 aliphatic carbocycles. The Bertz CT molecular complexity index is 1210. The molecular weight excluding hydrogens is 473 g/mol. The molecule has 1 aromatic carbocycles. The van der Waals surface area contributed by atoms with Crippen molar-refractivity contribution < 1.29 is 28.2 Å². The van der Waals surface area contributed by atoms with Gasteiger partial charge in [-0.15, -0.1) is 0 Å². The Kier molecular flexibility index (Phi) is 5.92. The van der Waals surface area contributed by atoms with Crippen molar-refractivity contribution in [1.29, 1.82) is 0 Å². The number of ketones is 1. The molecule has 2 aromatic rings. The third-order valence-corrected chi connectivity index (χ3v) is 7.54. The molecule has 1 aliphatic heterocycles. The monoisotopic (exact) mass is 491 g/mol. The number of pyridine rings is 1. The molecule has 1 saturated carbocycles. The quantitative estimate of drug-likeness (QED) is 0.483. The summed E-state index contributed by atoms with van der Waals surface area (Å²) in [6.07, 6.45) is 1.40. The molecular formula is C22H19ClFN3O5S. The number of thioether (sulfide) groups is 1. The van der Waals surface area contributed by atoms with Gasteiger partial charge in [-0.2, -0.15) is 0 Å². The number of amidine groups is 1. The summed E-state index contributed by atoms with van der Waals surface area (Å²) in [5, 5.41) is 0.576. The number of hydrogen-bond acceptors (Lipinski definition) is 9. The highest BCUT2D eigenvalue weighted by Gasteiger charge is 2.76. The summed E-state index contributed by atoms with van der Waals surface area (Å²) in [6.45, 7) is 0.0363. The molecule has 0 bridgehead atoms. The zero-order valence-electron chi connectivity index (χ0n) is 17.7. The number of Topliss-reactive ketones (excluding diaryl/α,β-unsaturated/α-hetero) is 1. The van der Waals surface area contributed by atoms with Gasteiger partial charge in [0, 0.05) is 18.0 Å². The first-order chi connectivity index (χ1) is 15.7. The number of halogens is 2. The Morgan fingerprint density at radius 2 is 2.00 bits per heavy atom. The van der Waals surface area contributed by atoms with E-state index in [1.807, 2.05) is 0 Å². The van der Waals surface area contributed by atoms with Crippen LogP contribution >= 0.6 is 23.4 Å². The number of benzene rings is 1. The lowest BCUT2D eigenvalue weighted by molar-refractivity contribution is -0.141. The van der Waals surface area contributed by atoms with E-state index < -0.39 is 27.9 Å². The average molecular weight is 492 g/mol. The minimum atomic E-state index is -1.16. The molecule has 11 heteroatoms. The highest BCUT2D eigenvalue weighted by molar-refractivity contribution is 8.16. The maximum Gasteiger partial charge on any atom is 0.340 e. The van der Waals surface area contributed by atoms with Gasteiger partial charge in [0.2, 0.25) is 0 Å². The van der Waals surface area contributed by atoms with Gasteiger partial charge in [0.15, 0.2) is 11.0 Å². The van der Waals surface area contributed by atoms with Crippen molar-refractivity contribution in [2.45, 2.75) is 23.0 Å². The minimum Gasteiger partial charge on any atom is -0.468 e. The summed E-state index contributed by atoms with van der Waals surface area (Å²) in [5.74, 6) is -2.64. The van der Waals surface area contributed by atoms with E-state index in [1.54, 1.807) is 0 Å². The maximum atomic E-state index is 15.6. The van der Waals surface area contributed by atoms with Crippen molar-refractivity contribution in [2.75, 3.05) is 20.8 Å². The number of carbonyl (C=O) groups excluding carboxylic acids is 3. The first kappa shape index (κ1) is 23.2. The molecule has 0 saturated heterocycles. The van der Waals surface area contributed by atoms with Gasteiger partial charge in [0.05, 0.1) is 31.4 Å². The lowest BCUT2D eigenvalue weighted by atomic mass is 9.87. The molecule has 2 N–H and O–H groups in total. The highest BCUT2D eigenvalue weighted by Crippen LogP contribution is 2.68. The first-order valence-electron chi connectivity index (χ1n) is 9.81. The Labute approximate surface area is 197 Å². The number of methoxy groups -OCH3 is 2. The number of hydrogen-bond donors (Lipinski definition) is 1. The summed E-state index contributed by atoms with van der Waals surface area (Å²) in [5.41, 5.74) is 5.06. The lowest BCUT2D eigenvalue weighted by Gasteiger charge is -2.27. The molecule has 2 heterocycles. The summed E-state index contributed by atoms with van der Waals surface area (Å²) >= 11 is 6.84. The van der Waals surface area contributed by atoms with E-state index in [-0.39, 0.29) is 47.2 Å². The summed E-state index contributed by atoms with van der Waals surface area (Å²) < 4.78 is 24.2. The average Bonchev–Trinajstić information content (AvgIpc) is 3.49. The second-order valence-electron chi connectivity index (χ2n) is 7.79. The zero-order valence-corrected chi connectivity index (χ0v) is 19.3. The number of aliphatic imine (C=N–C) groups is 1. The van der Waals surface area contributed by atoms with Crippen LogP contribution < -0.4 is 5.73 Å². The number of nitrogens with zero attached hydrogens (tertiary/aromatic N) is 2. The second kappa shape index (κ2) is 8.42. The predicted molar refractivity (Wildman–Crippen MR) is 120 cm³/mol. The SMILES string of the molecule is COC(=O)c1cc(CC(=O)c2ccc(Cl)cn2)cc([C@]23CN=C(N)S[C@@]2(C(=O)OC)C3)c1F. The summed E-state index contributed by atoms with van der Waals surface area (Å²) in [7, 11) is 2.37. The fourth-order valence-corrected chi connectivity index (χ4v) is 5.66. The van der Waals surface area contributed by atoms with Gasteiger partial charge in [-0.25, -0.2) is 9.18 Å². The van der Waals surface area contributed by atoms with Gasteiger partial charge in [-0.1, -0.05) is 29.4 Å². The third-order valence-electron chi connectivity index (χ3n) is 5.93. The van der Waals surface area contributed by atoms with Crippen LogP contribution in [0.3, 0.4) is 0 Å². The van der Waals surface area contributed by atoms with Crippen molar-refractivity contribution in [1.82, 2.24) is 4.98 Å². The molecule has 172 valence electrons. The van der Waals surface area contributed by atoms with Crippen molar-refractivity contribution in [3.8, 4) is 0 Å². The van der Waals surface area contributed by atoms with Crippen LogP contribution in [0.1, 0.15) is 38.4 Å². The molecule has 2 aliphatic rings. The van der Waals surface area contributed by atoms with E-state index >= 15 is 4.39 Å². The molecule has 4 rings (SSSR count). The van der Waals surface area contributed by atoms with Gasteiger partial charge >= 0.3 is 11.9 Å². The van der Waals surface area contributed by atoms with Gasteiger partial charge in [-0.05, 0) is 35.7 Å². The smallest absolute Gasteiger partial charge is 0.340 e. The van der Waals surface area contributed by atoms with E-state index in [0.717, 1.165) is 18.9 Å². The van der Waals surface area contributed by atoms with Crippen LogP contribution in [-0.2, 0) is 26.1 Å². The minimum absolute atomic E-state index is 0.0363. The van der Waals surface area contributed by atoms with Crippen LogP contribution in [-0.4, -0.2) is 53.4 Å². The standard InChI is InChI=1S/C22H19ClFN3O5S/c1-31-18(29)13-5-11(7-16(28)15-4-3-12(23)8-26-15)6-14(17(13)24)21-9-22(21,19(30)32-2)33-20(25)27-10-21/h3-6,8H,7,9-10H2,1-2H3,(H2,25,27)/t21-,22+/m0/s1. The number of rotatable bonds is 6. The topological polar surface area (TPSA) is 121 Å². The van der Waals surface area contributed by atoms with Gasteiger partial charge in [0.1, 0.15) is 16.3 Å². The van der Waals surface area contributed by atoms with Crippen LogP contribution in [0.5, 0.6) is 0 Å². The van der Waals surface area contributed by atoms with Gasteiger partial charge < -0.3 is 15.2 Å². The Balaban J connectivity index is 1.80. The van der Waals surface area contributed by atoms with Gasteiger partial charge in [0.25, 0.3) is 0 Å². The molecule has 0 amide bonds. The molecule has 0 unspecified atom stereocenters. The molecule has 1 fully saturated rings. The second-order valence-corrected chi connectivity index (χ2v) is 9.55. The fourth-order valence-electron chi connectivity index (χ4n) is 4.20. The molecule has 2 atom stereocenters. The summed E-state index contributed by atoms with van der Waals surface area (Å²) in [6, 6.07) is 5.77. The normalized spacial score (nSPS) is 23.2. The Hall–Kier alpha value is -2.98. The van der Waals surface area contributed by atoms with Crippen molar-refractivity contribution >= 4 is 46.3 Å². The Morgan fingerprint density at radius 3 is 2.64 bits per heavy atom. The number of nitrogens with two attached hydrogens (primary N) is 1. The van der Waals surface area contributed by atoms with E-state index in [9.17, 15) is 14.4 Å². The summed E-state index contributed by atoms with van der Waals surface area (Å²) in [4.78, 5) is 46.0. The molecule has 1 aromatic heterocycles. The van der Waals surface area contributed by atoms with E-state index in [0.29, 0.717) is 10.6 Å². The van der Waals surface area contributed by atoms with Crippen LogP contribution in [0.2, 0.25) is 5.02 Å². The Morgan fingerprint density at radius 1 is 1.24 bits per heavy atom. The van der Waals surface area contributed by atoms with E-state index in [2.05, 4.69) is 9.98 Å². The van der Waals surface area contributed by atoms with E-state index in [4.69, 9.17) is 26.8 Å². The molecule has 0 spiro atoms. The fraction of sp³-hybridized carbons (Fsp3) is 0.318. The number of fused-ring (bicyclic) bond motifs is 1. The lowest BCUT2D eigenvalue weighted by Crippen LogP contribution is -2.39. The number of ether oxygens (including phenoxy) is 2. The molecule has 0 radical (unpaired) electrons. The van der Waals surface area contributed by atoms with Crippen LogP contribution in [0.25, 0.3) is 0 Å². The maximum absolute atomic E-state index is 15.6. The molecule has 8 nitrogen and oxygen atoms in total. The van der Waals surface area contributed by atoms with E-state index in [1.165, 1.54) is 37.6 Å².